The van der Waals surface area contributed by atoms with E-state index in [2.05, 4.69) is 0 Å². The van der Waals surface area contributed by atoms with Gasteiger partial charge in [0, 0.05) is 0 Å². The molecule has 0 atom stereocenters. The van der Waals surface area contributed by atoms with Gasteiger partial charge in [-0.1, -0.05) is 0 Å². The van der Waals surface area contributed by atoms with Crippen molar-refractivity contribution in [1.29, 1.82) is 0 Å². The third-order valence-corrected chi connectivity index (χ3v) is 5.17. The van der Waals surface area contributed by atoms with Gasteiger partial charge in [-0.05, 0) is 76.2 Å². The molecule has 4 aromatic rings. The minimum atomic E-state index is -0.488. The van der Waals surface area contributed by atoms with E-state index >= 15 is 0 Å². The van der Waals surface area contributed by atoms with Crippen LogP contribution in [0.5, 0.6) is 0 Å². The van der Waals surface area contributed by atoms with Crippen molar-refractivity contribution in [2.45, 2.75) is 38.5 Å². The van der Waals surface area contributed by atoms with Gasteiger partial charge in [0.15, 0.2) is 11.5 Å². The third-order valence-electron chi connectivity index (χ3n) is 5.17. The molecule has 0 bridgehead atoms. The number of furan rings is 4. The van der Waals surface area contributed by atoms with Crippen LogP contribution in [-0.2, 0) is 10.8 Å². The molecule has 0 aliphatic rings. The molecule has 0 aromatic carbocycles. The lowest BCUT2D eigenvalue weighted by Crippen LogP contribution is -2.17. The van der Waals surface area contributed by atoms with E-state index in [1.54, 1.807) is 36.8 Å². The summed E-state index contributed by atoms with van der Waals surface area (Å²) in [4.78, 5) is 12.9. The van der Waals surface area contributed by atoms with Gasteiger partial charge in [0.05, 0.1) is 23.4 Å². The Kier molecular flexibility index (Phi) is 4.18. The summed E-state index contributed by atoms with van der Waals surface area (Å²) in [6.07, 6.45) is 3.24. The Labute approximate surface area is 162 Å². The van der Waals surface area contributed by atoms with Crippen molar-refractivity contribution >= 4 is 5.78 Å². The molecule has 0 fully saturated rings. The minimum Gasteiger partial charge on any atom is -0.468 e. The minimum absolute atomic E-state index is 0.228. The fourth-order valence-electron chi connectivity index (χ4n) is 3.22. The van der Waals surface area contributed by atoms with E-state index in [1.807, 2.05) is 52.0 Å². The standard InChI is InChI=1S/C23H22O5/c1-22(2,17-7-5-13-25-17)19-11-9-15(27-19)21(24)16-10-12-20(28-16)23(3,4)18-8-6-14-26-18/h5-14H,1-4H3. The molecule has 0 aliphatic carbocycles. The zero-order valence-electron chi connectivity index (χ0n) is 16.3. The fraction of sp³-hybridized carbons (Fsp3) is 0.261. The Bertz CT molecular complexity index is 986. The zero-order chi connectivity index (χ0) is 19.9. The van der Waals surface area contributed by atoms with E-state index < -0.39 is 10.8 Å². The second-order valence-electron chi connectivity index (χ2n) is 7.86. The Hall–Kier alpha value is -3.21. The van der Waals surface area contributed by atoms with E-state index in [9.17, 15) is 4.79 Å². The molecule has 0 aliphatic heterocycles. The molecule has 0 spiro atoms. The smallest absolute Gasteiger partial charge is 0.263 e. The topological polar surface area (TPSA) is 69.6 Å². The average Bonchev–Trinajstić information content (AvgIpc) is 3.48. The first-order chi connectivity index (χ1) is 13.3. The average molecular weight is 378 g/mol. The van der Waals surface area contributed by atoms with Crippen LogP contribution in [0.25, 0.3) is 0 Å². The van der Waals surface area contributed by atoms with E-state index in [0.29, 0.717) is 11.5 Å². The predicted octanol–water partition coefficient (Wildman–Crippen LogP) is 5.94. The van der Waals surface area contributed by atoms with Crippen molar-refractivity contribution in [2.75, 3.05) is 0 Å². The molecule has 144 valence electrons. The summed E-state index contributed by atoms with van der Waals surface area (Å²) < 4.78 is 22.8. The lowest BCUT2D eigenvalue weighted by atomic mass is 9.87. The zero-order valence-corrected chi connectivity index (χ0v) is 16.3. The lowest BCUT2D eigenvalue weighted by Gasteiger charge is -2.19. The first-order valence-corrected chi connectivity index (χ1v) is 9.13. The van der Waals surface area contributed by atoms with E-state index in [1.165, 1.54) is 0 Å². The van der Waals surface area contributed by atoms with Crippen LogP contribution >= 0.6 is 0 Å². The highest BCUT2D eigenvalue weighted by Crippen LogP contribution is 2.35. The van der Waals surface area contributed by atoms with Gasteiger partial charge in [-0.25, -0.2) is 0 Å². The van der Waals surface area contributed by atoms with Crippen LogP contribution in [0, 0.1) is 0 Å². The van der Waals surface area contributed by atoms with Gasteiger partial charge in [0.25, 0.3) is 5.78 Å². The Balaban J connectivity index is 1.60. The molecule has 5 heteroatoms. The lowest BCUT2D eigenvalue weighted by molar-refractivity contribution is 0.0976. The van der Waals surface area contributed by atoms with Gasteiger partial charge >= 0.3 is 0 Å². The molecule has 0 saturated heterocycles. The van der Waals surface area contributed by atoms with Gasteiger partial charge in [-0.3, -0.25) is 4.79 Å². The summed E-state index contributed by atoms with van der Waals surface area (Å²) in [5.74, 6) is 2.98. The molecule has 0 saturated carbocycles. The maximum absolute atomic E-state index is 12.9. The van der Waals surface area contributed by atoms with Gasteiger partial charge in [-0.2, -0.15) is 0 Å². The highest BCUT2D eigenvalue weighted by Gasteiger charge is 2.33. The highest BCUT2D eigenvalue weighted by molar-refractivity contribution is 6.05. The number of hydrogen-bond acceptors (Lipinski definition) is 5. The second-order valence-corrected chi connectivity index (χ2v) is 7.86. The summed E-state index contributed by atoms with van der Waals surface area (Å²) in [6.45, 7) is 7.93. The fourth-order valence-corrected chi connectivity index (χ4v) is 3.22. The van der Waals surface area contributed by atoms with Gasteiger partial charge in [0.2, 0.25) is 0 Å². The van der Waals surface area contributed by atoms with Crippen molar-refractivity contribution < 1.29 is 22.5 Å². The number of rotatable bonds is 6. The largest absolute Gasteiger partial charge is 0.468 e. The summed E-state index contributed by atoms with van der Waals surface area (Å²) >= 11 is 0. The molecule has 4 rings (SSSR count). The first kappa shape index (κ1) is 18.2. The third kappa shape index (κ3) is 2.93. The molecular formula is C23H22O5. The van der Waals surface area contributed by atoms with E-state index in [0.717, 1.165) is 11.5 Å². The molecule has 0 unspecified atom stereocenters. The Morgan fingerprint density at radius 1 is 0.643 bits per heavy atom. The molecule has 0 amide bonds. The van der Waals surface area contributed by atoms with E-state index in [-0.39, 0.29) is 17.3 Å². The van der Waals surface area contributed by atoms with Gasteiger partial charge in [-0.15, -0.1) is 0 Å². The van der Waals surface area contributed by atoms with Crippen molar-refractivity contribution in [2.24, 2.45) is 0 Å². The van der Waals surface area contributed by atoms with E-state index in [4.69, 9.17) is 17.7 Å². The van der Waals surface area contributed by atoms with Crippen LogP contribution in [0.4, 0.5) is 0 Å². The second kappa shape index (κ2) is 6.44. The quantitative estimate of drug-likeness (QED) is 0.388. The van der Waals surface area contributed by atoms with Crippen LogP contribution in [0.15, 0.2) is 78.7 Å². The normalized spacial score (nSPS) is 12.4. The monoisotopic (exact) mass is 378 g/mol. The van der Waals surface area contributed by atoms with Crippen LogP contribution in [-0.4, -0.2) is 5.78 Å². The van der Waals surface area contributed by atoms with Crippen molar-refractivity contribution in [3.05, 3.63) is 95.6 Å². The van der Waals surface area contributed by atoms with Crippen molar-refractivity contribution in [3.8, 4) is 0 Å². The molecule has 0 N–H and O–H groups in total. The molecule has 5 nitrogen and oxygen atoms in total. The van der Waals surface area contributed by atoms with Crippen molar-refractivity contribution in [3.63, 3.8) is 0 Å². The van der Waals surface area contributed by atoms with Gasteiger partial charge < -0.3 is 17.7 Å². The van der Waals surface area contributed by atoms with Crippen LogP contribution in [0.1, 0.15) is 67.1 Å². The Morgan fingerprint density at radius 3 is 1.43 bits per heavy atom. The number of hydrogen-bond donors (Lipinski definition) is 0. The number of carbonyl (C=O) groups is 1. The maximum Gasteiger partial charge on any atom is 0.263 e. The SMILES string of the molecule is CC(C)(c1ccco1)c1ccc(C(=O)c2ccc(C(C)(C)c3ccco3)o2)o1. The summed E-state index contributed by atoms with van der Waals surface area (Å²) in [5.41, 5.74) is -0.977. The van der Waals surface area contributed by atoms with Crippen LogP contribution in [0.3, 0.4) is 0 Å². The first-order valence-electron chi connectivity index (χ1n) is 9.13. The molecular weight excluding hydrogens is 356 g/mol. The summed E-state index contributed by atoms with van der Waals surface area (Å²) in [6, 6.07) is 14.4. The maximum atomic E-state index is 12.9. The molecule has 28 heavy (non-hydrogen) atoms. The van der Waals surface area contributed by atoms with Crippen LogP contribution < -0.4 is 0 Å². The summed E-state index contributed by atoms with van der Waals surface area (Å²) in [5, 5.41) is 0. The predicted molar refractivity (Wildman–Crippen MR) is 103 cm³/mol. The number of carbonyl (C=O) groups excluding carboxylic acids is 1. The van der Waals surface area contributed by atoms with Crippen LogP contribution in [0.2, 0.25) is 0 Å². The number of ketones is 1. The molecule has 4 aromatic heterocycles. The summed E-state index contributed by atoms with van der Waals surface area (Å²) in [7, 11) is 0. The molecule has 4 heterocycles. The molecule has 0 radical (unpaired) electrons. The van der Waals surface area contributed by atoms with Crippen molar-refractivity contribution in [1.82, 2.24) is 0 Å². The van der Waals surface area contributed by atoms with Gasteiger partial charge in [0.1, 0.15) is 23.0 Å². The Morgan fingerprint density at radius 2 is 1.07 bits per heavy atom. The highest BCUT2D eigenvalue weighted by atomic mass is 16.4.